The predicted molar refractivity (Wildman–Crippen MR) is 84.0 cm³/mol. The number of nitrogens with two attached hydrogens (primary N) is 1. The Balaban J connectivity index is 1.89. The van der Waals surface area contributed by atoms with E-state index in [1.54, 1.807) is 0 Å². The maximum absolute atomic E-state index is 12.2. The molecule has 1 heterocycles. The average Bonchev–Trinajstić information content (AvgIpc) is 2.52. The summed E-state index contributed by atoms with van der Waals surface area (Å²) in [5, 5.41) is 2.96. The molecule has 0 aliphatic carbocycles. The van der Waals surface area contributed by atoms with Crippen molar-refractivity contribution in [1.29, 1.82) is 0 Å². The van der Waals surface area contributed by atoms with Gasteiger partial charge in [0.05, 0.1) is 13.2 Å². The summed E-state index contributed by atoms with van der Waals surface area (Å²) in [7, 11) is 0. The second-order valence-electron chi connectivity index (χ2n) is 5.41. The van der Waals surface area contributed by atoms with Gasteiger partial charge in [0, 0.05) is 25.3 Å². The van der Waals surface area contributed by atoms with Crippen molar-refractivity contribution in [2.24, 2.45) is 0 Å². The Labute approximate surface area is 126 Å². The molecule has 5 heteroatoms. The molecule has 5 nitrogen and oxygen atoms in total. The van der Waals surface area contributed by atoms with E-state index in [-0.39, 0.29) is 11.9 Å². The van der Waals surface area contributed by atoms with Gasteiger partial charge in [-0.3, -0.25) is 9.69 Å². The number of morpholine rings is 1. The molecule has 1 saturated heterocycles. The lowest BCUT2D eigenvalue weighted by molar-refractivity contribution is -0.132. The number of nitrogens with one attached hydrogen (secondary N) is 1. The zero-order valence-electron chi connectivity index (χ0n) is 12.7. The molecule has 0 radical (unpaired) electrons. The summed E-state index contributed by atoms with van der Waals surface area (Å²) in [5.41, 5.74) is 7.71. The summed E-state index contributed by atoms with van der Waals surface area (Å²) < 4.78 is 5.46. The standard InChI is InChI=1S/C16H25N3O2/c1-2-8-18-16(20)15-12-21-11-10-19(15)9-7-13-3-5-14(17)6-4-13/h3-6,15H,2,7-12,17H2,1H3,(H,18,20). The number of nitrogens with zero attached hydrogens (tertiary/aromatic N) is 1. The third-order valence-electron chi connectivity index (χ3n) is 3.76. The minimum Gasteiger partial charge on any atom is -0.399 e. The van der Waals surface area contributed by atoms with Gasteiger partial charge in [-0.2, -0.15) is 0 Å². The van der Waals surface area contributed by atoms with Crippen molar-refractivity contribution < 1.29 is 9.53 Å². The predicted octanol–water partition coefficient (Wildman–Crippen LogP) is 1.04. The molecule has 1 aromatic carbocycles. The molecule has 1 atom stereocenters. The molecule has 0 saturated carbocycles. The first kappa shape index (κ1) is 15.8. The van der Waals surface area contributed by atoms with Crippen LogP contribution in [0.2, 0.25) is 0 Å². The van der Waals surface area contributed by atoms with E-state index >= 15 is 0 Å². The summed E-state index contributed by atoms with van der Waals surface area (Å²) in [5.74, 6) is 0.0776. The van der Waals surface area contributed by atoms with Gasteiger partial charge in [0.2, 0.25) is 5.91 Å². The number of amides is 1. The summed E-state index contributed by atoms with van der Waals surface area (Å²) in [6.45, 7) is 5.62. The van der Waals surface area contributed by atoms with Gasteiger partial charge in [-0.15, -0.1) is 0 Å². The lowest BCUT2D eigenvalue weighted by Gasteiger charge is -2.34. The molecule has 1 aliphatic heterocycles. The molecular weight excluding hydrogens is 266 g/mol. The van der Waals surface area contributed by atoms with E-state index < -0.39 is 0 Å². The molecule has 0 bridgehead atoms. The third kappa shape index (κ3) is 4.72. The average molecular weight is 291 g/mol. The smallest absolute Gasteiger partial charge is 0.239 e. The Bertz CT molecular complexity index is 447. The molecule has 2 rings (SSSR count). The van der Waals surface area contributed by atoms with E-state index in [0.29, 0.717) is 13.2 Å². The van der Waals surface area contributed by atoms with Crippen molar-refractivity contribution in [1.82, 2.24) is 10.2 Å². The van der Waals surface area contributed by atoms with E-state index in [0.717, 1.165) is 38.2 Å². The van der Waals surface area contributed by atoms with Gasteiger partial charge in [0.25, 0.3) is 0 Å². The third-order valence-corrected chi connectivity index (χ3v) is 3.76. The normalized spacial score (nSPS) is 19.4. The molecule has 1 aliphatic rings. The van der Waals surface area contributed by atoms with Gasteiger partial charge in [0.15, 0.2) is 0 Å². The molecule has 0 aromatic heterocycles. The molecule has 1 aromatic rings. The van der Waals surface area contributed by atoms with Crippen molar-refractivity contribution >= 4 is 11.6 Å². The van der Waals surface area contributed by atoms with Gasteiger partial charge in [-0.05, 0) is 30.5 Å². The zero-order chi connectivity index (χ0) is 15.1. The topological polar surface area (TPSA) is 67.6 Å². The van der Waals surface area contributed by atoms with Crippen LogP contribution in [0.25, 0.3) is 0 Å². The number of hydrogen-bond donors (Lipinski definition) is 2. The van der Waals surface area contributed by atoms with Crippen LogP contribution in [0.4, 0.5) is 5.69 Å². The molecule has 1 fully saturated rings. The van der Waals surface area contributed by atoms with Gasteiger partial charge >= 0.3 is 0 Å². The minimum atomic E-state index is -0.168. The van der Waals surface area contributed by atoms with Crippen LogP contribution < -0.4 is 11.1 Å². The first-order valence-electron chi connectivity index (χ1n) is 7.64. The van der Waals surface area contributed by atoms with Crippen LogP contribution >= 0.6 is 0 Å². The zero-order valence-corrected chi connectivity index (χ0v) is 12.7. The van der Waals surface area contributed by atoms with Gasteiger partial charge in [0.1, 0.15) is 6.04 Å². The van der Waals surface area contributed by atoms with E-state index in [4.69, 9.17) is 10.5 Å². The van der Waals surface area contributed by atoms with Crippen LogP contribution in [0.3, 0.4) is 0 Å². The number of ether oxygens (including phenoxy) is 1. The number of carbonyl (C=O) groups excluding carboxylic acids is 1. The lowest BCUT2D eigenvalue weighted by Crippen LogP contribution is -2.54. The van der Waals surface area contributed by atoms with Gasteiger partial charge in [-0.1, -0.05) is 19.1 Å². The van der Waals surface area contributed by atoms with Crippen LogP contribution in [0.1, 0.15) is 18.9 Å². The molecule has 1 amide bonds. The quantitative estimate of drug-likeness (QED) is 0.769. The Morgan fingerprint density at radius 1 is 1.43 bits per heavy atom. The first-order chi connectivity index (χ1) is 10.2. The number of carbonyl (C=O) groups is 1. The van der Waals surface area contributed by atoms with Crippen LogP contribution in [0, 0.1) is 0 Å². The first-order valence-corrected chi connectivity index (χ1v) is 7.64. The fourth-order valence-electron chi connectivity index (χ4n) is 2.47. The largest absolute Gasteiger partial charge is 0.399 e. The van der Waals surface area contributed by atoms with Crippen molar-refractivity contribution in [2.75, 3.05) is 38.6 Å². The summed E-state index contributed by atoms with van der Waals surface area (Å²) >= 11 is 0. The second-order valence-corrected chi connectivity index (χ2v) is 5.41. The molecule has 116 valence electrons. The van der Waals surface area contributed by atoms with Crippen molar-refractivity contribution in [2.45, 2.75) is 25.8 Å². The summed E-state index contributed by atoms with van der Waals surface area (Å²) in [4.78, 5) is 14.4. The van der Waals surface area contributed by atoms with Crippen LogP contribution in [0.5, 0.6) is 0 Å². The number of hydrogen-bond acceptors (Lipinski definition) is 4. The highest BCUT2D eigenvalue weighted by Crippen LogP contribution is 2.11. The van der Waals surface area contributed by atoms with Gasteiger partial charge in [-0.25, -0.2) is 0 Å². The molecule has 1 unspecified atom stereocenters. The Kier molecular flexibility index (Phi) is 6.02. The van der Waals surface area contributed by atoms with Crippen molar-refractivity contribution in [3.05, 3.63) is 29.8 Å². The maximum atomic E-state index is 12.2. The highest BCUT2D eigenvalue weighted by Gasteiger charge is 2.28. The number of nitrogen functional groups attached to an aromatic ring is 1. The molecular formula is C16H25N3O2. The van der Waals surface area contributed by atoms with Crippen molar-refractivity contribution in [3.63, 3.8) is 0 Å². The number of rotatable bonds is 6. The fourth-order valence-corrected chi connectivity index (χ4v) is 2.47. The highest BCUT2D eigenvalue weighted by atomic mass is 16.5. The SMILES string of the molecule is CCCNC(=O)C1COCCN1CCc1ccc(N)cc1. The molecule has 21 heavy (non-hydrogen) atoms. The second kappa shape index (κ2) is 8.00. The highest BCUT2D eigenvalue weighted by molar-refractivity contribution is 5.82. The number of anilines is 1. The Morgan fingerprint density at radius 2 is 2.19 bits per heavy atom. The summed E-state index contributed by atoms with van der Waals surface area (Å²) in [6, 6.07) is 7.75. The van der Waals surface area contributed by atoms with Crippen LogP contribution in [-0.4, -0.2) is 49.7 Å². The lowest BCUT2D eigenvalue weighted by atomic mass is 10.1. The molecule has 0 spiro atoms. The Morgan fingerprint density at radius 3 is 2.90 bits per heavy atom. The Hall–Kier alpha value is -1.59. The van der Waals surface area contributed by atoms with E-state index in [1.165, 1.54) is 5.56 Å². The monoisotopic (exact) mass is 291 g/mol. The van der Waals surface area contributed by atoms with E-state index in [9.17, 15) is 4.79 Å². The van der Waals surface area contributed by atoms with Crippen LogP contribution in [0.15, 0.2) is 24.3 Å². The fraction of sp³-hybridized carbons (Fsp3) is 0.562. The number of benzene rings is 1. The van der Waals surface area contributed by atoms with Crippen molar-refractivity contribution in [3.8, 4) is 0 Å². The maximum Gasteiger partial charge on any atom is 0.239 e. The van der Waals surface area contributed by atoms with Gasteiger partial charge < -0.3 is 15.8 Å². The summed E-state index contributed by atoms with van der Waals surface area (Å²) in [6.07, 6.45) is 1.86. The van der Waals surface area contributed by atoms with Crippen LogP contribution in [-0.2, 0) is 16.0 Å². The minimum absolute atomic E-state index is 0.0776. The van der Waals surface area contributed by atoms with E-state index in [1.807, 2.05) is 24.3 Å². The molecule has 3 N–H and O–H groups in total. The van der Waals surface area contributed by atoms with E-state index in [2.05, 4.69) is 17.1 Å².